The van der Waals surface area contributed by atoms with E-state index in [1.807, 2.05) is 0 Å². The van der Waals surface area contributed by atoms with E-state index in [-0.39, 0.29) is 5.60 Å². The number of unbranched alkanes of at least 4 members (excludes halogenated alkanes) is 1. The zero-order valence-corrected chi connectivity index (χ0v) is 12.0. The summed E-state index contributed by atoms with van der Waals surface area (Å²) in [6.45, 7) is 7.17. The van der Waals surface area contributed by atoms with Gasteiger partial charge in [-0.05, 0) is 65.3 Å². The van der Waals surface area contributed by atoms with Crippen LogP contribution in [0.25, 0.3) is 0 Å². The Bertz CT molecular complexity index is 239. The summed E-state index contributed by atoms with van der Waals surface area (Å²) < 4.78 is 11.5. The minimum atomic E-state index is 0.274. The topological polar surface area (TPSA) is 30.5 Å². The van der Waals surface area contributed by atoms with Crippen molar-refractivity contribution in [2.75, 3.05) is 19.8 Å². The molecule has 0 aromatic heterocycles. The summed E-state index contributed by atoms with van der Waals surface area (Å²) in [6.07, 6.45) is 9.10. The highest BCUT2D eigenvalue weighted by Gasteiger charge is 2.42. The summed E-state index contributed by atoms with van der Waals surface area (Å²) in [5, 5.41) is 3.70. The van der Waals surface area contributed by atoms with E-state index >= 15 is 0 Å². The number of ether oxygens (including phenoxy) is 2. The van der Waals surface area contributed by atoms with Gasteiger partial charge in [-0.1, -0.05) is 0 Å². The Labute approximate surface area is 112 Å². The number of hydrogen-bond acceptors (Lipinski definition) is 3. The summed E-state index contributed by atoms with van der Waals surface area (Å²) in [4.78, 5) is 0. The highest BCUT2D eigenvalue weighted by molar-refractivity contribution is 4.95. The van der Waals surface area contributed by atoms with Crippen molar-refractivity contribution >= 4 is 0 Å². The lowest BCUT2D eigenvalue weighted by Gasteiger charge is -2.47. The van der Waals surface area contributed by atoms with Crippen LogP contribution in [0, 0.1) is 0 Å². The maximum absolute atomic E-state index is 5.94. The molecule has 1 aliphatic heterocycles. The standard InChI is InChI=1S/C15H29NO2/c1-13(2)17-10-4-3-9-16-14-6-11-18-15(12-14)7-5-8-15/h13-14,16H,3-12H2,1-2H3. The first kappa shape index (κ1) is 14.3. The van der Waals surface area contributed by atoms with Crippen LogP contribution in [-0.2, 0) is 9.47 Å². The fourth-order valence-electron chi connectivity index (χ4n) is 2.97. The molecule has 2 fully saturated rings. The molecule has 1 heterocycles. The highest BCUT2D eigenvalue weighted by Crippen LogP contribution is 2.42. The number of nitrogens with one attached hydrogen (secondary N) is 1. The minimum absolute atomic E-state index is 0.274. The monoisotopic (exact) mass is 255 g/mol. The van der Waals surface area contributed by atoms with Crippen molar-refractivity contribution < 1.29 is 9.47 Å². The first-order chi connectivity index (χ1) is 8.70. The first-order valence-corrected chi connectivity index (χ1v) is 7.69. The van der Waals surface area contributed by atoms with Crippen LogP contribution in [0.4, 0.5) is 0 Å². The van der Waals surface area contributed by atoms with Gasteiger partial charge in [0.1, 0.15) is 0 Å². The molecule has 1 saturated heterocycles. The molecular weight excluding hydrogens is 226 g/mol. The lowest BCUT2D eigenvalue weighted by Crippen LogP contribution is -2.51. The van der Waals surface area contributed by atoms with Crippen LogP contribution in [0.1, 0.15) is 58.8 Å². The predicted octanol–water partition coefficient (Wildman–Crippen LogP) is 2.88. The minimum Gasteiger partial charge on any atom is -0.379 e. The van der Waals surface area contributed by atoms with Crippen molar-refractivity contribution in [3.8, 4) is 0 Å². The van der Waals surface area contributed by atoms with Crippen LogP contribution in [0.3, 0.4) is 0 Å². The molecule has 0 amide bonds. The summed E-state index contributed by atoms with van der Waals surface area (Å²) in [6, 6.07) is 0.685. The van der Waals surface area contributed by atoms with Crippen LogP contribution in [0.2, 0.25) is 0 Å². The second-order valence-electron chi connectivity index (χ2n) is 6.16. The Morgan fingerprint density at radius 1 is 1.33 bits per heavy atom. The normalized spacial score (nSPS) is 26.5. The summed E-state index contributed by atoms with van der Waals surface area (Å²) in [5.41, 5.74) is 0.274. The van der Waals surface area contributed by atoms with Gasteiger partial charge in [0.15, 0.2) is 0 Å². The van der Waals surface area contributed by atoms with E-state index in [1.54, 1.807) is 0 Å². The summed E-state index contributed by atoms with van der Waals surface area (Å²) in [5.74, 6) is 0. The van der Waals surface area contributed by atoms with Gasteiger partial charge in [-0.2, -0.15) is 0 Å². The van der Waals surface area contributed by atoms with Crippen LogP contribution in [0.5, 0.6) is 0 Å². The second-order valence-corrected chi connectivity index (χ2v) is 6.16. The van der Waals surface area contributed by atoms with Crippen LogP contribution < -0.4 is 5.32 Å². The molecule has 106 valence electrons. The molecule has 1 saturated carbocycles. The molecule has 0 aromatic rings. The quantitative estimate of drug-likeness (QED) is 0.710. The molecule has 0 aromatic carbocycles. The molecule has 1 aliphatic carbocycles. The Morgan fingerprint density at radius 3 is 2.83 bits per heavy atom. The largest absolute Gasteiger partial charge is 0.379 e. The molecule has 1 spiro atoms. The number of hydrogen-bond donors (Lipinski definition) is 1. The number of rotatable bonds is 7. The molecule has 1 unspecified atom stereocenters. The molecule has 3 heteroatoms. The molecule has 2 aliphatic rings. The van der Waals surface area contributed by atoms with Crippen molar-refractivity contribution in [3.05, 3.63) is 0 Å². The van der Waals surface area contributed by atoms with E-state index in [2.05, 4.69) is 19.2 Å². The molecule has 1 atom stereocenters. The van der Waals surface area contributed by atoms with Gasteiger partial charge in [0.05, 0.1) is 11.7 Å². The van der Waals surface area contributed by atoms with E-state index in [9.17, 15) is 0 Å². The lowest BCUT2D eigenvalue weighted by atomic mass is 9.74. The maximum atomic E-state index is 5.94. The third-order valence-electron chi connectivity index (χ3n) is 4.21. The predicted molar refractivity (Wildman–Crippen MR) is 73.9 cm³/mol. The summed E-state index contributed by atoms with van der Waals surface area (Å²) >= 11 is 0. The van der Waals surface area contributed by atoms with Gasteiger partial charge in [0, 0.05) is 19.3 Å². The Hall–Kier alpha value is -0.120. The van der Waals surface area contributed by atoms with Crippen molar-refractivity contribution in [2.45, 2.75) is 76.5 Å². The molecule has 2 rings (SSSR count). The molecular formula is C15H29NO2. The smallest absolute Gasteiger partial charge is 0.0697 e. The molecule has 0 radical (unpaired) electrons. The molecule has 0 bridgehead atoms. The molecule has 1 N–H and O–H groups in total. The fraction of sp³-hybridized carbons (Fsp3) is 1.00. The van der Waals surface area contributed by atoms with Gasteiger partial charge in [-0.15, -0.1) is 0 Å². The van der Waals surface area contributed by atoms with Gasteiger partial charge < -0.3 is 14.8 Å². The van der Waals surface area contributed by atoms with Gasteiger partial charge in [0.2, 0.25) is 0 Å². The van der Waals surface area contributed by atoms with Crippen LogP contribution in [0.15, 0.2) is 0 Å². The Balaban J connectivity index is 1.51. The lowest BCUT2D eigenvalue weighted by molar-refractivity contribution is -0.135. The van der Waals surface area contributed by atoms with E-state index in [0.29, 0.717) is 12.1 Å². The maximum Gasteiger partial charge on any atom is 0.0697 e. The highest BCUT2D eigenvalue weighted by atomic mass is 16.5. The van der Waals surface area contributed by atoms with Crippen LogP contribution >= 0.6 is 0 Å². The zero-order valence-electron chi connectivity index (χ0n) is 12.0. The third kappa shape index (κ3) is 4.22. The van der Waals surface area contributed by atoms with E-state index in [0.717, 1.165) is 19.8 Å². The average molecular weight is 255 g/mol. The van der Waals surface area contributed by atoms with Crippen molar-refractivity contribution in [2.24, 2.45) is 0 Å². The van der Waals surface area contributed by atoms with E-state index in [4.69, 9.17) is 9.47 Å². The van der Waals surface area contributed by atoms with Gasteiger partial charge in [-0.3, -0.25) is 0 Å². The average Bonchev–Trinajstić information content (AvgIpc) is 2.32. The van der Waals surface area contributed by atoms with E-state index in [1.165, 1.54) is 44.9 Å². The zero-order chi connectivity index (χ0) is 12.8. The van der Waals surface area contributed by atoms with Crippen LogP contribution in [-0.4, -0.2) is 37.5 Å². The van der Waals surface area contributed by atoms with Crippen molar-refractivity contribution in [1.29, 1.82) is 0 Å². The van der Waals surface area contributed by atoms with Gasteiger partial charge in [0.25, 0.3) is 0 Å². The SMILES string of the molecule is CC(C)OCCCCNC1CCOC2(CCC2)C1. The Morgan fingerprint density at radius 2 is 2.17 bits per heavy atom. The third-order valence-corrected chi connectivity index (χ3v) is 4.21. The Kier molecular flexibility index (Phi) is 5.46. The van der Waals surface area contributed by atoms with Crippen molar-refractivity contribution in [1.82, 2.24) is 5.32 Å². The van der Waals surface area contributed by atoms with Gasteiger partial charge in [-0.25, -0.2) is 0 Å². The van der Waals surface area contributed by atoms with E-state index < -0.39 is 0 Å². The first-order valence-electron chi connectivity index (χ1n) is 7.69. The molecule has 3 nitrogen and oxygen atoms in total. The van der Waals surface area contributed by atoms with Gasteiger partial charge >= 0.3 is 0 Å². The fourth-order valence-corrected chi connectivity index (χ4v) is 2.97. The van der Waals surface area contributed by atoms with Crippen molar-refractivity contribution in [3.63, 3.8) is 0 Å². The molecule has 18 heavy (non-hydrogen) atoms. The summed E-state index contributed by atoms with van der Waals surface area (Å²) in [7, 11) is 0. The second kappa shape index (κ2) is 6.88.